The predicted octanol–water partition coefficient (Wildman–Crippen LogP) is 3.07. The van der Waals surface area contributed by atoms with Crippen LogP contribution in [-0.4, -0.2) is 15.1 Å². The van der Waals surface area contributed by atoms with Gasteiger partial charge in [0.15, 0.2) is 0 Å². The summed E-state index contributed by atoms with van der Waals surface area (Å²) < 4.78 is 24.8. The molecule has 1 heterocycles. The minimum Gasteiger partial charge on any atom is -0.275 e. The highest BCUT2D eigenvalue weighted by atomic mass is 79.9. The summed E-state index contributed by atoms with van der Waals surface area (Å²) in [5, 5.41) is 9.18. The second-order valence-corrected chi connectivity index (χ2v) is 3.65. The molecule has 9 heteroatoms. The number of alkyl halides is 2. The van der Waals surface area contributed by atoms with Gasteiger partial charge in [0.1, 0.15) is 16.4 Å². The fourth-order valence-corrected chi connectivity index (χ4v) is 1.71. The number of nitrogens with zero attached hydrogens (tertiary/aromatic N) is 2. The van der Waals surface area contributed by atoms with Crippen molar-refractivity contribution in [1.29, 1.82) is 0 Å². The van der Waals surface area contributed by atoms with Crippen LogP contribution in [-0.2, 0) is 0 Å². The Kier molecular flexibility index (Phi) is 3.87. The third-order valence-corrected chi connectivity index (χ3v) is 2.48. The van der Waals surface area contributed by atoms with E-state index >= 15 is 0 Å². The summed E-state index contributed by atoms with van der Waals surface area (Å²) in [5.41, 5.74) is -2.57. The van der Waals surface area contributed by atoms with Gasteiger partial charge in [-0.05, 0) is 27.5 Å². The molecule has 0 aliphatic rings. The molecule has 0 spiro atoms. The Balaban J connectivity index is 3.63. The monoisotopic (exact) mass is 314 g/mol. The van der Waals surface area contributed by atoms with E-state index in [0.29, 0.717) is 6.20 Å². The van der Waals surface area contributed by atoms with Crippen molar-refractivity contribution >= 4 is 38.5 Å². The van der Waals surface area contributed by atoms with E-state index in [9.17, 15) is 23.7 Å². The lowest BCUT2D eigenvalue weighted by molar-refractivity contribution is -0.385. The van der Waals surface area contributed by atoms with Gasteiger partial charge in [-0.15, -0.1) is 0 Å². The number of halogens is 4. The maximum atomic E-state index is 12.6. The fraction of sp³-hybridized carbons (Fsp3) is 0.143. The molecule has 16 heavy (non-hydrogen) atoms. The highest BCUT2D eigenvalue weighted by Crippen LogP contribution is 2.34. The van der Waals surface area contributed by atoms with E-state index in [0.717, 1.165) is 0 Å². The van der Waals surface area contributed by atoms with Gasteiger partial charge in [-0.25, -0.2) is 13.8 Å². The molecule has 0 atom stereocenters. The van der Waals surface area contributed by atoms with Crippen LogP contribution in [0.1, 0.15) is 22.3 Å². The third kappa shape index (κ3) is 2.33. The molecule has 1 rings (SSSR count). The van der Waals surface area contributed by atoms with Crippen LogP contribution in [0.15, 0.2) is 10.8 Å². The maximum Gasteiger partial charge on any atom is 0.300 e. The van der Waals surface area contributed by atoms with E-state index in [1.165, 1.54) is 0 Å². The number of pyridine rings is 1. The number of carbonyl (C=O) groups is 1. The molecule has 0 aromatic carbocycles. The Bertz CT molecular complexity index is 469. The van der Waals surface area contributed by atoms with Gasteiger partial charge >= 0.3 is 0 Å². The van der Waals surface area contributed by atoms with Crippen molar-refractivity contribution in [1.82, 2.24) is 4.98 Å². The SMILES string of the molecule is O=C(Cl)c1c([N+](=O)[O-])cnc(Br)c1C(F)F. The summed E-state index contributed by atoms with van der Waals surface area (Å²) in [6, 6.07) is 0. The summed E-state index contributed by atoms with van der Waals surface area (Å²) >= 11 is 7.72. The average molecular weight is 315 g/mol. The van der Waals surface area contributed by atoms with Crippen molar-refractivity contribution in [2.75, 3.05) is 0 Å². The largest absolute Gasteiger partial charge is 0.300 e. The number of hydrogen-bond acceptors (Lipinski definition) is 4. The molecule has 86 valence electrons. The number of carbonyl (C=O) groups excluding carboxylic acids is 1. The van der Waals surface area contributed by atoms with Crippen molar-refractivity contribution in [2.45, 2.75) is 6.43 Å². The average Bonchev–Trinajstić information content (AvgIpc) is 2.15. The molecule has 0 radical (unpaired) electrons. The van der Waals surface area contributed by atoms with Crippen molar-refractivity contribution in [3.8, 4) is 0 Å². The molecule has 0 aliphatic carbocycles. The van der Waals surface area contributed by atoms with Crippen molar-refractivity contribution in [3.05, 3.63) is 32.0 Å². The van der Waals surface area contributed by atoms with Gasteiger partial charge in [0, 0.05) is 0 Å². The molecule has 0 amide bonds. The van der Waals surface area contributed by atoms with Crippen LogP contribution in [0.3, 0.4) is 0 Å². The second kappa shape index (κ2) is 4.79. The molecule has 0 N–H and O–H groups in total. The molecule has 0 saturated heterocycles. The fourth-order valence-electron chi connectivity index (χ4n) is 1.04. The Morgan fingerprint density at radius 1 is 1.62 bits per heavy atom. The molecular weight excluding hydrogens is 313 g/mol. The van der Waals surface area contributed by atoms with Gasteiger partial charge in [0.05, 0.1) is 10.5 Å². The zero-order chi connectivity index (χ0) is 12.5. The van der Waals surface area contributed by atoms with Crippen molar-refractivity contribution in [3.63, 3.8) is 0 Å². The molecule has 1 aromatic heterocycles. The van der Waals surface area contributed by atoms with Gasteiger partial charge in [-0.3, -0.25) is 14.9 Å². The first kappa shape index (κ1) is 12.9. The third-order valence-electron chi connectivity index (χ3n) is 1.66. The van der Waals surface area contributed by atoms with E-state index in [4.69, 9.17) is 11.6 Å². The minimum atomic E-state index is -3.10. The number of hydrogen-bond donors (Lipinski definition) is 0. The van der Waals surface area contributed by atoms with Crippen LogP contribution < -0.4 is 0 Å². The van der Waals surface area contributed by atoms with Gasteiger partial charge in [0.2, 0.25) is 0 Å². The number of aromatic nitrogens is 1. The topological polar surface area (TPSA) is 73.1 Å². The summed E-state index contributed by atoms with van der Waals surface area (Å²) in [6.07, 6.45) is -2.41. The minimum absolute atomic E-state index is 0.350. The van der Waals surface area contributed by atoms with Crippen LogP contribution in [0.5, 0.6) is 0 Å². The Labute approximate surface area is 101 Å². The zero-order valence-electron chi connectivity index (χ0n) is 7.29. The van der Waals surface area contributed by atoms with E-state index in [1.807, 2.05) is 0 Å². The molecule has 0 bridgehead atoms. The highest BCUT2D eigenvalue weighted by molar-refractivity contribution is 9.10. The van der Waals surface area contributed by atoms with Gasteiger partial charge in [-0.2, -0.15) is 0 Å². The van der Waals surface area contributed by atoms with E-state index in [1.54, 1.807) is 0 Å². The Morgan fingerprint density at radius 3 is 2.56 bits per heavy atom. The van der Waals surface area contributed by atoms with Crippen LogP contribution in [0.4, 0.5) is 14.5 Å². The number of nitro groups is 1. The molecule has 0 aliphatic heterocycles. The lowest BCUT2D eigenvalue weighted by Crippen LogP contribution is -2.06. The Morgan fingerprint density at radius 2 is 2.19 bits per heavy atom. The lowest BCUT2D eigenvalue weighted by atomic mass is 10.1. The van der Waals surface area contributed by atoms with Gasteiger partial charge < -0.3 is 0 Å². The molecule has 0 unspecified atom stereocenters. The van der Waals surface area contributed by atoms with Crippen LogP contribution in [0.2, 0.25) is 0 Å². The first-order valence-corrected chi connectivity index (χ1v) is 4.84. The zero-order valence-corrected chi connectivity index (χ0v) is 9.63. The van der Waals surface area contributed by atoms with Crippen molar-refractivity contribution < 1.29 is 18.5 Å². The van der Waals surface area contributed by atoms with Crippen LogP contribution in [0, 0.1) is 10.1 Å². The van der Waals surface area contributed by atoms with Crippen LogP contribution >= 0.6 is 27.5 Å². The number of rotatable bonds is 3. The molecule has 0 fully saturated rings. The summed E-state index contributed by atoms with van der Waals surface area (Å²) in [5.74, 6) is 0. The maximum absolute atomic E-state index is 12.6. The van der Waals surface area contributed by atoms with E-state index in [-0.39, 0.29) is 4.60 Å². The lowest BCUT2D eigenvalue weighted by Gasteiger charge is -2.06. The standard InChI is InChI=1S/C7H2BrClF2N2O3/c8-5-4(7(10)11)3(6(9)14)2(1-12-5)13(15)16/h1,7H. The Hall–Kier alpha value is -1.15. The normalized spacial score (nSPS) is 10.6. The molecule has 0 saturated carbocycles. The van der Waals surface area contributed by atoms with Gasteiger partial charge in [0.25, 0.3) is 17.4 Å². The molecule has 1 aromatic rings. The first-order chi connectivity index (χ1) is 7.36. The van der Waals surface area contributed by atoms with Crippen molar-refractivity contribution in [2.24, 2.45) is 0 Å². The van der Waals surface area contributed by atoms with E-state index < -0.39 is 33.4 Å². The quantitative estimate of drug-likeness (QED) is 0.372. The van der Waals surface area contributed by atoms with Crippen LogP contribution in [0.25, 0.3) is 0 Å². The first-order valence-electron chi connectivity index (χ1n) is 3.67. The van der Waals surface area contributed by atoms with E-state index in [2.05, 4.69) is 20.9 Å². The summed E-state index contributed by atoms with van der Waals surface area (Å²) in [4.78, 5) is 23.8. The summed E-state index contributed by atoms with van der Waals surface area (Å²) in [6.45, 7) is 0. The molecule has 5 nitrogen and oxygen atoms in total. The smallest absolute Gasteiger partial charge is 0.275 e. The van der Waals surface area contributed by atoms with Gasteiger partial charge in [-0.1, -0.05) is 0 Å². The highest BCUT2D eigenvalue weighted by Gasteiger charge is 2.30. The molecular formula is C7H2BrClF2N2O3. The summed E-state index contributed by atoms with van der Waals surface area (Å²) in [7, 11) is 0. The second-order valence-electron chi connectivity index (χ2n) is 2.55. The predicted molar refractivity (Wildman–Crippen MR) is 53.7 cm³/mol.